The van der Waals surface area contributed by atoms with Crippen molar-refractivity contribution in [3.63, 3.8) is 0 Å². The van der Waals surface area contributed by atoms with Crippen molar-refractivity contribution < 1.29 is 14.6 Å². The largest absolute Gasteiger partial charge is 0.491 e. The van der Waals surface area contributed by atoms with Gasteiger partial charge in [0.1, 0.15) is 18.5 Å². The predicted octanol–water partition coefficient (Wildman–Crippen LogP) is 4.32. The molecular formula is C26H30Cl2N2O3. The average Bonchev–Trinajstić information content (AvgIpc) is 2.84. The number of nitrogens with zero attached hydrogens (tertiary/aromatic N) is 2. The summed E-state index contributed by atoms with van der Waals surface area (Å²) in [6.07, 6.45) is -0.561. The summed E-state index contributed by atoms with van der Waals surface area (Å²) in [5.74, 6) is 0.638. The summed E-state index contributed by atoms with van der Waals surface area (Å²) in [6, 6.07) is 26.7. The molecule has 0 aliphatic carbocycles. The van der Waals surface area contributed by atoms with Crippen LogP contribution in [0.25, 0.3) is 0 Å². The summed E-state index contributed by atoms with van der Waals surface area (Å²) in [5.41, 5.74) is 2.54. The minimum Gasteiger partial charge on any atom is -0.491 e. The van der Waals surface area contributed by atoms with Crippen molar-refractivity contribution in [1.29, 1.82) is 0 Å². The molecule has 4 rings (SSSR count). The quantitative estimate of drug-likeness (QED) is 0.478. The fourth-order valence-corrected chi connectivity index (χ4v) is 3.83. The molecule has 7 heteroatoms. The summed E-state index contributed by atoms with van der Waals surface area (Å²) in [7, 11) is 0. The Balaban J connectivity index is 0.00000193. The van der Waals surface area contributed by atoms with Gasteiger partial charge in [-0.1, -0.05) is 48.5 Å². The van der Waals surface area contributed by atoms with Crippen LogP contribution in [0.4, 0.5) is 5.69 Å². The summed E-state index contributed by atoms with van der Waals surface area (Å²) in [4.78, 5) is 17.1. The Morgan fingerprint density at radius 1 is 0.788 bits per heavy atom. The number of carbonyl (C=O) groups is 1. The number of halogens is 2. The fraction of sp³-hybridized carbons (Fsp3) is 0.269. The maximum atomic E-state index is 12.5. The number of para-hydroxylation sites is 1. The Morgan fingerprint density at radius 2 is 1.33 bits per heavy atom. The first-order chi connectivity index (χ1) is 15.2. The van der Waals surface area contributed by atoms with E-state index in [1.165, 1.54) is 5.69 Å². The van der Waals surface area contributed by atoms with E-state index >= 15 is 0 Å². The topological polar surface area (TPSA) is 53.0 Å². The molecule has 1 fully saturated rings. The van der Waals surface area contributed by atoms with Crippen LogP contribution in [0.15, 0.2) is 84.9 Å². The number of ether oxygens (including phenoxy) is 1. The Hall–Kier alpha value is -2.57. The molecule has 1 unspecified atom stereocenters. The Bertz CT molecular complexity index is 964. The number of benzene rings is 3. The van der Waals surface area contributed by atoms with E-state index in [0.29, 0.717) is 23.4 Å². The first-order valence-corrected chi connectivity index (χ1v) is 10.7. The summed E-state index contributed by atoms with van der Waals surface area (Å²) >= 11 is 0. The molecule has 1 saturated heterocycles. The summed E-state index contributed by atoms with van der Waals surface area (Å²) in [5, 5.41) is 10.4. The van der Waals surface area contributed by atoms with Crippen molar-refractivity contribution >= 4 is 36.3 Å². The lowest BCUT2D eigenvalue weighted by Crippen LogP contribution is -2.49. The molecule has 176 valence electrons. The van der Waals surface area contributed by atoms with Gasteiger partial charge >= 0.3 is 0 Å². The molecule has 0 radical (unpaired) electrons. The van der Waals surface area contributed by atoms with E-state index in [4.69, 9.17) is 4.74 Å². The molecule has 5 nitrogen and oxygen atoms in total. The summed E-state index contributed by atoms with van der Waals surface area (Å²) in [6.45, 7) is 4.56. The fourth-order valence-electron chi connectivity index (χ4n) is 3.83. The van der Waals surface area contributed by atoms with Crippen LogP contribution in [0.1, 0.15) is 15.9 Å². The molecular weight excluding hydrogens is 459 g/mol. The van der Waals surface area contributed by atoms with Gasteiger partial charge in [-0.3, -0.25) is 9.69 Å². The molecule has 0 spiro atoms. The smallest absolute Gasteiger partial charge is 0.193 e. The van der Waals surface area contributed by atoms with Gasteiger partial charge in [-0.25, -0.2) is 0 Å². The third-order valence-electron chi connectivity index (χ3n) is 5.56. The number of anilines is 1. The molecule has 1 aliphatic heterocycles. The third kappa shape index (κ3) is 7.47. The number of aliphatic hydroxyl groups is 1. The highest BCUT2D eigenvalue weighted by molar-refractivity contribution is 6.08. The normalized spacial score (nSPS) is 14.5. The number of ketones is 1. The van der Waals surface area contributed by atoms with Gasteiger partial charge in [-0.05, 0) is 36.4 Å². The van der Waals surface area contributed by atoms with Crippen molar-refractivity contribution in [2.45, 2.75) is 6.10 Å². The second-order valence-electron chi connectivity index (χ2n) is 7.81. The van der Waals surface area contributed by atoms with E-state index in [1.807, 2.05) is 36.4 Å². The van der Waals surface area contributed by atoms with Crippen molar-refractivity contribution in [1.82, 2.24) is 4.90 Å². The molecule has 1 N–H and O–H groups in total. The second kappa shape index (κ2) is 13.2. The first-order valence-electron chi connectivity index (χ1n) is 10.7. The zero-order chi connectivity index (χ0) is 21.5. The zero-order valence-electron chi connectivity index (χ0n) is 18.4. The van der Waals surface area contributed by atoms with Gasteiger partial charge in [0.05, 0.1) is 0 Å². The number of aliphatic hydroxyl groups excluding tert-OH is 1. The number of hydrogen-bond donors (Lipinski definition) is 1. The molecule has 1 atom stereocenters. The number of hydrogen-bond acceptors (Lipinski definition) is 5. The van der Waals surface area contributed by atoms with Crippen molar-refractivity contribution in [3.8, 4) is 5.75 Å². The van der Waals surface area contributed by atoms with Gasteiger partial charge in [-0.15, -0.1) is 24.8 Å². The molecule has 1 heterocycles. The van der Waals surface area contributed by atoms with Crippen LogP contribution in [-0.4, -0.2) is 61.2 Å². The predicted molar refractivity (Wildman–Crippen MR) is 137 cm³/mol. The molecule has 0 saturated carbocycles. The minimum atomic E-state index is -0.561. The molecule has 0 bridgehead atoms. The van der Waals surface area contributed by atoms with E-state index in [9.17, 15) is 9.90 Å². The van der Waals surface area contributed by atoms with Gasteiger partial charge < -0.3 is 14.7 Å². The van der Waals surface area contributed by atoms with Crippen LogP contribution in [0, 0.1) is 0 Å². The van der Waals surface area contributed by atoms with E-state index in [1.54, 1.807) is 24.3 Å². The number of rotatable bonds is 8. The van der Waals surface area contributed by atoms with Crippen LogP contribution in [0.2, 0.25) is 0 Å². The SMILES string of the molecule is Cl.Cl.O=C(c1ccccc1)c1ccc(OCC(O)CN2CCN(c3ccccc3)CC2)cc1. The molecule has 3 aromatic carbocycles. The number of β-amino-alcohol motifs (C(OH)–C–C–N with tert-alkyl or cyclic N) is 1. The molecule has 0 amide bonds. The van der Waals surface area contributed by atoms with E-state index in [-0.39, 0.29) is 37.2 Å². The lowest BCUT2D eigenvalue weighted by Gasteiger charge is -2.36. The van der Waals surface area contributed by atoms with Gasteiger partial charge in [0.25, 0.3) is 0 Å². The van der Waals surface area contributed by atoms with Crippen LogP contribution < -0.4 is 9.64 Å². The van der Waals surface area contributed by atoms with Gasteiger partial charge in [0, 0.05) is 49.5 Å². The number of carbonyl (C=O) groups excluding carboxylic acids is 1. The maximum absolute atomic E-state index is 12.5. The van der Waals surface area contributed by atoms with E-state index in [0.717, 1.165) is 26.2 Å². The standard InChI is InChI=1S/C26H28N2O3.2ClH/c29-24(19-27-15-17-28(18-16-27)23-9-5-2-6-10-23)20-31-25-13-11-22(12-14-25)26(30)21-7-3-1-4-8-21;;/h1-14,24,29H,15-20H2;2*1H. The van der Waals surface area contributed by atoms with E-state index < -0.39 is 6.10 Å². The summed E-state index contributed by atoms with van der Waals surface area (Å²) < 4.78 is 5.74. The average molecular weight is 489 g/mol. The Labute approximate surface area is 207 Å². The highest BCUT2D eigenvalue weighted by atomic mass is 35.5. The molecule has 3 aromatic rings. The van der Waals surface area contributed by atoms with E-state index in [2.05, 4.69) is 34.1 Å². The first kappa shape index (κ1) is 26.7. The van der Waals surface area contributed by atoms with Crippen LogP contribution >= 0.6 is 24.8 Å². The lowest BCUT2D eigenvalue weighted by molar-refractivity contribution is 0.0663. The Morgan fingerprint density at radius 3 is 1.94 bits per heavy atom. The van der Waals surface area contributed by atoms with Crippen molar-refractivity contribution in [2.75, 3.05) is 44.2 Å². The van der Waals surface area contributed by atoms with Crippen molar-refractivity contribution in [3.05, 3.63) is 96.1 Å². The lowest BCUT2D eigenvalue weighted by atomic mass is 10.0. The second-order valence-corrected chi connectivity index (χ2v) is 7.81. The minimum absolute atomic E-state index is 0. The molecule has 1 aliphatic rings. The number of piperazine rings is 1. The zero-order valence-corrected chi connectivity index (χ0v) is 20.0. The van der Waals surface area contributed by atoms with Gasteiger partial charge in [0.2, 0.25) is 0 Å². The van der Waals surface area contributed by atoms with Crippen molar-refractivity contribution in [2.24, 2.45) is 0 Å². The highest BCUT2D eigenvalue weighted by Gasteiger charge is 2.19. The third-order valence-corrected chi connectivity index (χ3v) is 5.56. The maximum Gasteiger partial charge on any atom is 0.193 e. The highest BCUT2D eigenvalue weighted by Crippen LogP contribution is 2.17. The molecule has 33 heavy (non-hydrogen) atoms. The van der Waals surface area contributed by atoms with Crippen LogP contribution in [0.3, 0.4) is 0 Å². The van der Waals surface area contributed by atoms with Gasteiger partial charge in [0.15, 0.2) is 5.78 Å². The van der Waals surface area contributed by atoms with Crippen LogP contribution in [0.5, 0.6) is 5.75 Å². The van der Waals surface area contributed by atoms with Gasteiger partial charge in [-0.2, -0.15) is 0 Å². The van der Waals surface area contributed by atoms with Crippen LogP contribution in [-0.2, 0) is 0 Å². The Kier molecular flexibility index (Phi) is 10.7. The monoisotopic (exact) mass is 488 g/mol. The molecule has 0 aromatic heterocycles.